The Kier molecular flexibility index (Phi) is 6.25. The van der Waals surface area contributed by atoms with Crippen LogP contribution < -0.4 is 0 Å². The first-order chi connectivity index (χ1) is 23.2. The van der Waals surface area contributed by atoms with Gasteiger partial charge in [0.15, 0.2) is 5.82 Å². The molecular formula is C43H27N3O. The number of phenolic OH excluding ortho intramolecular Hbond substituents is 1. The van der Waals surface area contributed by atoms with E-state index in [1.165, 1.54) is 0 Å². The van der Waals surface area contributed by atoms with E-state index >= 15 is 0 Å². The molecule has 0 spiro atoms. The minimum atomic E-state index is 0.177. The van der Waals surface area contributed by atoms with Gasteiger partial charge in [0.05, 0.1) is 11.4 Å². The van der Waals surface area contributed by atoms with E-state index in [1.807, 2.05) is 54.6 Å². The number of phenols is 1. The third-order valence-electron chi connectivity index (χ3n) is 9.03. The summed E-state index contributed by atoms with van der Waals surface area (Å²) in [4.78, 5) is 14.8. The van der Waals surface area contributed by atoms with E-state index in [9.17, 15) is 5.11 Å². The van der Waals surface area contributed by atoms with Crippen LogP contribution in [0.15, 0.2) is 158 Å². The largest absolute Gasteiger partial charge is 0.506 e. The number of fused-ring (bicyclic) bond motifs is 5. The molecule has 0 aliphatic carbocycles. The van der Waals surface area contributed by atoms with Crippen LogP contribution in [0.3, 0.4) is 0 Å². The molecule has 0 fully saturated rings. The van der Waals surface area contributed by atoms with Gasteiger partial charge in [0.2, 0.25) is 0 Å². The zero-order chi connectivity index (χ0) is 31.3. The van der Waals surface area contributed by atoms with Crippen LogP contribution in [0.25, 0.3) is 88.2 Å². The second-order valence-electron chi connectivity index (χ2n) is 11.8. The van der Waals surface area contributed by atoms with Gasteiger partial charge in [-0.3, -0.25) is 4.98 Å². The summed E-state index contributed by atoms with van der Waals surface area (Å²) < 4.78 is 0. The molecule has 4 nitrogen and oxygen atoms in total. The lowest BCUT2D eigenvalue weighted by Gasteiger charge is -2.17. The van der Waals surface area contributed by atoms with Gasteiger partial charge in [-0.1, -0.05) is 121 Å². The summed E-state index contributed by atoms with van der Waals surface area (Å²) in [7, 11) is 0. The standard InChI is InChI=1S/C43H27N3O/c47-40-23-22-33(35-19-10-24-44-42(35)40)41-30-16-8-7-15-29(30)25-37-31-17-9-18-36(32(31)20-21-34(37)41)43-45-38(27-11-3-1-4-12-27)26-39(46-43)28-13-5-2-6-14-28/h1-26,47H. The Balaban J connectivity index is 1.33. The predicted molar refractivity (Wildman–Crippen MR) is 193 cm³/mol. The van der Waals surface area contributed by atoms with Gasteiger partial charge < -0.3 is 5.11 Å². The summed E-state index contributed by atoms with van der Waals surface area (Å²) in [5.74, 6) is 0.864. The van der Waals surface area contributed by atoms with Crippen molar-refractivity contribution in [2.45, 2.75) is 0 Å². The number of benzene rings is 7. The van der Waals surface area contributed by atoms with Gasteiger partial charge in [0.1, 0.15) is 11.3 Å². The summed E-state index contributed by atoms with van der Waals surface area (Å²) in [5.41, 5.74) is 7.59. The highest BCUT2D eigenvalue weighted by Crippen LogP contribution is 2.44. The quantitative estimate of drug-likeness (QED) is 0.161. The molecule has 0 radical (unpaired) electrons. The van der Waals surface area contributed by atoms with Gasteiger partial charge in [0.25, 0.3) is 0 Å². The van der Waals surface area contributed by atoms with E-state index in [0.29, 0.717) is 11.3 Å². The predicted octanol–water partition coefficient (Wildman–Crippen LogP) is 10.9. The number of nitrogens with zero attached hydrogens (tertiary/aromatic N) is 3. The van der Waals surface area contributed by atoms with Crippen molar-refractivity contribution in [2.75, 3.05) is 0 Å². The number of aromatic hydroxyl groups is 1. The molecule has 9 aromatic rings. The van der Waals surface area contributed by atoms with Crippen molar-refractivity contribution in [2.24, 2.45) is 0 Å². The zero-order valence-corrected chi connectivity index (χ0v) is 25.3. The number of hydrogen-bond acceptors (Lipinski definition) is 4. The number of aromatic nitrogens is 3. The Morgan fingerprint density at radius 3 is 1.85 bits per heavy atom. The zero-order valence-electron chi connectivity index (χ0n) is 25.3. The highest BCUT2D eigenvalue weighted by Gasteiger charge is 2.18. The van der Waals surface area contributed by atoms with Crippen LogP contribution in [0.4, 0.5) is 0 Å². The maximum absolute atomic E-state index is 10.7. The average molecular weight is 602 g/mol. The molecule has 0 aliphatic heterocycles. The molecule has 0 amide bonds. The van der Waals surface area contributed by atoms with Crippen LogP contribution >= 0.6 is 0 Å². The van der Waals surface area contributed by atoms with Crippen LogP contribution in [0.1, 0.15) is 0 Å². The molecular weight excluding hydrogens is 574 g/mol. The molecule has 0 atom stereocenters. The molecule has 7 aromatic carbocycles. The van der Waals surface area contributed by atoms with Crippen molar-refractivity contribution in [3.63, 3.8) is 0 Å². The molecule has 1 N–H and O–H groups in total. The van der Waals surface area contributed by atoms with Gasteiger partial charge in [-0.05, 0) is 73.8 Å². The Bertz CT molecular complexity index is 2580. The van der Waals surface area contributed by atoms with Crippen LogP contribution in [0.2, 0.25) is 0 Å². The van der Waals surface area contributed by atoms with Crippen molar-refractivity contribution in [1.82, 2.24) is 15.0 Å². The second kappa shape index (κ2) is 10.9. The summed E-state index contributed by atoms with van der Waals surface area (Å²) >= 11 is 0. The van der Waals surface area contributed by atoms with Gasteiger partial charge in [-0.25, -0.2) is 9.97 Å². The van der Waals surface area contributed by atoms with Crippen molar-refractivity contribution < 1.29 is 5.11 Å². The van der Waals surface area contributed by atoms with E-state index in [1.54, 1.807) is 12.3 Å². The minimum absolute atomic E-state index is 0.177. The molecule has 0 bridgehead atoms. The SMILES string of the molecule is Oc1ccc(-c2c3ccccc3cc3c2ccc2c(-c4nc(-c5ccccc5)cc(-c5ccccc5)n4)cccc23)c2cccnc12. The smallest absolute Gasteiger partial charge is 0.161 e. The lowest BCUT2D eigenvalue weighted by Crippen LogP contribution is -1.97. The first kappa shape index (κ1) is 27.0. The lowest BCUT2D eigenvalue weighted by atomic mass is 9.87. The summed E-state index contributed by atoms with van der Waals surface area (Å²) in [6.45, 7) is 0. The second-order valence-corrected chi connectivity index (χ2v) is 11.8. The fourth-order valence-corrected chi connectivity index (χ4v) is 6.85. The Labute approximate surface area is 271 Å². The molecule has 0 saturated heterocycles. The van der Waals surface area contributed by atoms with E-state index < -0.39 is 0 Å². The molecule has 47 heavy (non-hydrogen) atoms. The monoisotopic (exact) mass is 601 g/mol. The van der Waals surface area contributed by atoms with Gasteiger partial charge in [-0.15, -0.1) is 0 Å². The molecule has 9 rings (SSSR count). The minimum Gasteiger partial charge on any atom is -0.506 e. The van der Waals surface area contributed by atoms with Crippen molar-refractivity contribution in [3.8, 4) is 50.8 Å². The summed E-state index contributed by atoms with van der Waals surface area (Å²) in [6, 6.07) is 52.0. The molecule has 0 unspecified atom stereocenters. The lowest BCUT2D eigenvalue weighted by molar-refractivity contribution is 0.480. The molecule has 220 valence electrons. The third kappa shape index (κ3) is 4.50. The Morgan fingerprint density at radius 1 is 0.426 bits per heavy atom. The fourth-order valence-electron chi connectivity index (χ4n) is 6.85. The molecule has 2 heterocycles. The maximum Gasteiger partial charge on any atom is 0.161 e. The number of rotatable bonds is 4. The van der Waals surface area contributed by atoms with Crippen molar-refractivity contribution in [3.05, 3.63) is 158 Å². The third-order valence-corrected chi connectivity index (χ3v) is 9.03. The van der Waals surface area contributed by atoms with E-state index in [4.69, 9.17) is 9.97 Å². The van der Waals surface area contributed by atoms with E-state index in [0.717, 1.165) is 76.9 Å². The highest BCUT2D eigenvalue weighted by atomic mass is 16.3. The Hall–Kier alpha value is -6.39. The number of hydrogen-bond donors (Lipinski definition) is 1. The molecule has 4 heteroatoms. The van der Waals surface area contributed by atoms with Crippen molar-refractivity contribution in [1.29, 1.82) is 0 Å². The highest BCUT2D eigenvalue weighted by molar-refractivity contribution is 6.23. The van der Waals surface area contributed by atoms with Crippen LogP contribution in [0, 0.1) is 0 Å². The normalized spacial score (nSPS) is 11.5. The fraction of sp³-hybridized carbons (Fsp3) is 0. The van der Waals surface area contributed by atoms with Crippen LogP contribution in [-0.2, 0) is 0 Å². The van der Waals surface area contributed by atoms with Gasteiger partial charge >= 0.3 is 0 Å². The van der Waals surface area contributed by atoms with Crippen LogP contribution in [-0.4, -0.2) is 20.1 Å². The van der Waals surface area contributed by atoms with Gasteiger partial charge in [-0.2, -0.15) is 0 Å². The molecule has 0 saturated carbocycles. The summed E-state index contributed by atoms with van der Waals surface area (Å²) in [5, 5.41) is 18.4. The Morgan fingerprint density at radius 2 is 1.09 bits per heavy atom. The average Bonchev–Trinajstić information content (AvgIpc) is 3.14. The first-order valence-electron chi connectivity index (χ1n) is 15.7. The molecule has 2 aromatic heterocycles. The van der Waals surface area contributed by atoms with Crippen LogP contribution in [0.5, 0.6) is 5.75 Å². The van der Waals surface area contributed by atoms with E-state index in [-0.39, 0.29) is 5.75 Å². The summed E-state index contributed by atoms with van der Waals surface area (Å²) in [6.07, 6.45) is 1.72. The molecule has 0 aliphatic rings. The van der Waals surface area contributed by atoms with Crippen molar-refractivity contribution >= 4 is 43.2 Å². The number of pyridine rings is 1. The topological polar surface area (TPSA) is 58.9 Å². The van der Waals surface area contributed by atoms with E-state index in [2.05, 4.69) is 96.0 Å². The first-order valence-corrected chi connectivity index (χ1v) is 15.7. The maximum atomic E-state index is 10.7. The van der Waals surface area contributed by atoms with Gasteiger partial charge in [0, 0.05) is 28.3 Å².